The number of carbonyl (C=O) groups is 1. The van der Waals surface area contributed by atoms with E-state index < -0.39 is 0 Å². The standard InChI is InChI=1S/C6H13NO.C3H6O2/c1-6(8)2-4-7-5-3-6;1-2-5-3-4/h7-8H,2-5H2,1H3;3H,2H2,1H3. The van der Waals surface area contributed by atoms with Crippen LogP contribution in [-0.4, -0.2) is 36.9 Å². The van der Waals surface area contributed by atoms with Crippen molar-refractivity contribution in [3.05, 3.63) is 0 Å². The zero-order valence-electron chi connectivity index (χ0n) is 8.38. The predicted octanol–water partition coefficient (Wildman–Crippen LogP) is 0.300. The highest BCUT2D eigenvalue weighted by Crippen LogP contribution is 2.15. The van der Waals surface area contributed by atoms with Gasteiger partial charge in [-0.25, -0.2) is 0 Å². The number of carbonyl (C=O) groups excluding carboxylic acids is 1. The Kier molecular flexibility index (Phi) is 6.54. The van der Waals surface area contributed by atoms with Crippen molar-refractivity contribution in [2.24, 2.45) is 0 Å². The molecule has 4 heteroatoms. The van der Waals surface area contributed by atoms with Gasteiger partial charge in [0, 0.05) is 0 Å². The van der Waals surface area contributed by atoms with Crippen molar-refractivity contribution < 1.29 is 14.6 Å². The van der Waals surface area contributed by atoms with Crippen molar-refractivity contribution >= 4 is 6.47 Å². The molecule has 13 heavy (non-hydrogen) atoms. The van der Waals surface area contributed by atoms with Crippen LogP contribution in [0.1, 0.15) is 26.7 Å². The van der Waals surface area contributed by atoms with Crippen LogP contribution in [0.4, 0.5) is 0 Å². The van der Waals surface area contributed by atoms with Gasteiger partial charge in [0.25, 0.3) is 6.47 Å². The average Bonchev–Trinajstić information content (AvgIpc) is 2.06. The van der Waals surface area contributed by atoms with Crippen molar-refractivity contribution in [3.8, 4) is 0 Å². The molecule has 1 aliphatic rings. The average molecular weight is 189 g/mol. The number of hydrogen-bond donors (Lipinski definition) is 2. The topological polar surface area (TPSA) is 58.6 Å². The lowest BCUT2D eigenvalue weighted by Crippen LogP contribution is -2.39. The Morgan fingerprint density at radius 2 is 2.08 bits per heavy atom. The SMILES string of the molecule is CC1(O)CCNCC1.CCOC=O. The summed E-state index contributed by atoms with van der Waals surface area (Å²) in [5, 5.41) is 12.5. The minimum Gasteiger partial charge on any atom is -0.468 e. The zero-order valence-corrected chi connectivity index (χ0v) is 8.38. The first kappa shape index (κ1) is 12.4. The van der Waals surface area contributed by atoms with Gasteiger partial charge in [0.1, 0.15) is 0 Å². The highest BCUT2D eigenvalue weighted by atomic mass is 16.5. The van der Waals surface area contributed by atoms with Gasteiger partial charge in [-0.15, -0.1) is 0 Å². The van der Waals surface area contributed by atoms with E-state index in [-0.39, 0.29) is 5.60 Å². The summed E-state index contributed by atoms with van der Waals surface area (Å²) in [5.41, 5.74) is -0.384. The van der Waals surface area contributed by atoms with Crippen LogP contribution in [0.3, 0.4) is 0 Å². The Hall–Kier alpha value is -0.610. The summed E-state index contributed by atoms with van der Waals surface area (Å²) in [5.74, 6) is 0. The Morgan fingerprint density at radius 3 is 2.23 bits per heavy atom. The van der Waals surface area contributed by atoms with E-state index in [0.29, 0.717) is 13.1 Å². The Balaban J connectivity index is 0.000000252. The molecule has 0 aromatic rings. The monoisotopic (exact) mass is 189 g/mol. The third kappa shape index (κ3) is 7.74. The number of aliphatic hydroxyl groups is 1. The largest absolute Gasteiger partial charge is 0.468 e. The molecule has 0 aromatic carbocycles. The fraction of sp³-hybridized carbons (Fsp3) is 0.889. The van der Waals surface area contributed by atoms with E-state index in [2.05, 4.69) is 10.1 Å². The molecular formula is C9H19NO3. The summed E-state index contributed by atoms with van der Waals surface area (Å²) in [6.07, 6.45) is 1.79. The molecule has 4 nitrogen and oxygen atoms in total. The Morgan fingerprint density at radius 1 is 1.54 bits per heavy atom. The van der Waals surface area contributed by atoms with Gasteiger partial charge in [-0.2, -0.15) is 0 Å². The normalized spacial score (nSPS) is 19.6. The maximum Gasteiger partial charge on any atom is 0.293 e. The van der Waals surface area contributed by atoms with Crippen molar-refractivity contribution in [2.45, 2.75) is 32.3 Å². The molecule has 78 valence electrons. The summed E-state index contributed by atoms with van der Waals surface area (Å²) in [4.78, 5) is 9.18. The van der Waals surface area contributed by atoms with Crippen molar-refractivity contribution in [2.75, 3.05) is 19.7 Å². The summed E-state index contributed by atoms with van der Waals surface area (Å²) >= 11 is 0. The lowest BCUT2D eigenvalue weighted by Gasteiger charge is -2.27. The van der Waals surface area contributed by atoms with Gasteiger partial charge in [0.2, 0.25) is 0 Å². The second-order valence-corrected chi connectivity index (χ2v) is 3.30. The third-order valence-electron chi connectivity index (χ3n) is 1.92. The maximum atomic E-state index is 9.33. The number of nitrogens with one attached hydrogen (secondary N) is 1. The van der Waals surface area contributed by atoms with Crippen LogP contribution in [0.2, 0.25) is 0 Å². The number of rotatable bonds is 2. The molecule has 1 fully saturated rings. The molecule has 0 aromatic heterocycles. The van der Waals surface area contributed by atoms with Gasteiger partial charge in [-0.05, 0) is 39.8 Å². The molecule has 2 N–H and O–H groups in total. The molecule has 1 rings (SSSR count). The van der Waals surface area contributed by atoms with Crippen LogP contribution in [0.15, 0.2) is 0 Å². The van der Waals surface area contributed by atoms with Crippen LogP contribution in [-0.2, 0) is 9.53 Å². The fourth-order valence-electron chi connectivity index (χ4n) is 1.03. The summed E-state index contributed by atoms with van der Waals surface area (Å²) in [6.45, 7) is 6.49. The quantitative estimate of drug-likeness (QED) is 0.613. The number of hydrogen-bond acceptors (Lipinski definition) is 4. The molecule has 0 amide bonds. The maximum absolute atomic E-state index is 9.33. The lowest BCUT2D eigenvalue weighted by molar-refractivity contribution is -0.128. The fourth-order valence-corrected chi connectivity index (χ4v) is 1.03. The first-order valence-corrected chi connectivity index (χ1v) is 4.61. The molecule has 0 saturated carbocycles. The van der Waals surface area contributed by atoms with E-state index in [9.17, 15) is 9.90 Å². The van der Waals surface area contributed by atoms with Crippen molar-refractivity contribution in [1.29, 1.82) is 0 Å². The van der Waals surface area contributed by atoms with E-state index >= 15 is 0 Å². The lowest BCUT2D eigenvalue weighted by atomic mass is 9.95. The third-order valence-corrected chi connectivity index (χ3v) is 1.92. The summed E-state index contributed by atoms with van der Waals surface area (Å²) in [7, 11) is 0. The molecule has 1 heterocycles. The minimum absolute atomic E-state index is 0.384. The Bertz CT molecular complexity index is 129. The van der Waals surface area contributed by atoms with E-state index in [0.717, 1.165) is 25.9 Å². The predicted molar refractivity (Wildman–Crippen MR) is 50.4 cm³/mol. The molecule has 0 aliphatic carbocycles. The van der Waals surface area contributed by atoms with Crippen LogP contribution in [0.5, 0.6) is 0 Å². The minimum atomic E-state index is -0.384. The van der Waals surface area contributed by atoms with Gasteiger partial charge in [-0.3, -0.25) is 4.79 Å². The number of ether oxygens (including phenoxy) is 1. The van der Waals surface area contributed by atoms with Gasteiger partial charge < -0.3 is 15.2 Å². The molecule has 0 bridgehead atoms. The van der Waals surface area contributed by atoms with E-state index in [1.165, 1.54) is 0 Å². The molecule has 0 spiro atoms. The number of piperidine rings is 1. The van der Waals surface area contributed by atoms with Gasteiger partial charge >= 0.3 is 0 Å². The van der Waals surface area contributed by atoms with E-state index in [1.807, 2.05) is 6.92 Å². The van der Waals surface area contributed by atoms with Crippen molar-refractivity contribution in [1.82, 2.24) is 5.32 Å². The van der Waals surface area contributed by atoms with E-state index in [1.54, 1.807) is 6.92 Å². The molecule has 1 aliphatic heterocycles. The molecule has 0 atom stereocenters. The highest BCUT2D eigenvalue weighted by molar-refractivity contribution is 5.36. The summed E-state index contributed by atoms with van der Waals surface area (Å²) < 4.78 is 4.15. The van der Waals surface area contributed by atoms with Gasteiger partial charge in [0.05, 0.1) is 12.2 Å². The molecule has 1 saturated heterocycles. The second kappa shape index (κ2) is 6.86. The van der Waals surface area contributed by atoms with E-state index in [4.69, 9.17) is 0 Å². The Labute approximate surface area is 79.3 Å². The molecular weight excluding hydrogens is 170 g/mol. The first-order chi connectivity index (χ1) is 6.12. The first-order valence-electron chi connectivity index (χ1n) is 4.61. The van der Waals surface area contributed by atoms with Gasteiger partial charge in [-0.1, -0.05) is 0 Å². The summed E-state index contributed by atoms with van der Waals surface area (Å²) in [6, 6.07) is 0. The van der Waals surface area contributed by atoms with Crippen LogP contribution >= 0.6 is 0 Å². The van der Waals surface area contributed by atoms with Gasteiger partial charge in [0.15, 0.2) is 0 Å². The molecule has 0 unspecified atom stereocenters. The molecule has 0 radical (unpaired) electrons. The van der Waals surface area contributed by atoms with Crippen LogP contribution in [0.25, 0.3) is 0 Å². The zero-order chi connectivity index (χ0) is 10.2. The second-order valence-electron chi connectivity index (χ2n) is 3.30. The van der Waals surface area contributed by atoms with Crippen molar-refractivity contribution in [3.63, 3.8) is 0 Å². The van der Waals surface area contributed by atoms with Crippen LogP contribution < -0.4 is 5.32 Å². The smallest absolute Gasteiger partial charge is 0.293 e. The highest BCUT2D eigenvalue weighted by Gasteiger charge is 2.21. The van der Waals surface area contributed by atoms with Crippen LogP contribution in [0, 0.1) is 0 Å².